The molecule has 3 aliphatic rings. The number of piperidine rings is 1. The predicted octanol–water partition coefficient (Wildman–Crippen LogP) is 0.487. The number of nitrogens with zero attached hydrogens (tertiary/aromatic N) is 1. The van der Waals surface area contributed by atoms with Crippen molar-refractivity contribution in [3.05, 3.63) is 0 Å². The summed E-state index contributed by atoms with van der Waals surface area (Å²) < 4.78 is 0. The lowest BCUT2D eigenvalue weighted by Gasteiger charge is -2.40. The van der Waals surface area contributed by atoms with E-state index in [2.05, 4.69) is 12.2 Å². The van der Waals surface area contributed by atoms with Gasteiger partial charge in [-0.2, -0.15) is 0 Å². The zero-order chi connectivity index (χ0) is 14.3. The molecule has 2 aliphatic heterocycles. The number of amides is 2. The Morgan fingerprint density at radius 2 is 2.15 bits per heavy atom. The normalized spacial score (nSPS) is 41.2. The van der Waals surface area contributed by atoms with E-state index in [0.29, 0.717) is 12.5 Å². The van der Waals surface area contributed by atoms with Crippen LogP contribution in [0.5, 0.6) is 0 Å². The van der Waals surface area contributed by atoms with Gasteiger partial charge in [0.25, 0.3) is 0 Å². The van der Waals surface area contributed by atoms with E-state index in [1.54, 1.807) is 0 Å². The van der Waals surface area contributed by atoms with Crippen molar-refractivity contribution in [2.45, 2.75) is 51.1 Å². The highest BCUT2D eigenvalue weighted by Crippen LogP contribution is 2.33. The lowest BCUT2D eigenvalue weighted by Crippen LogP contribution is -2.52. The first-order valence-electron chi connectivity index (χ1n) is 7.91. The second-order valence-electron chi connectivity index (χ2n) is 6.74. The molecular weight excluding hydrogens is 254 g/mol. The van der Waals surface area contributed by atoms with Gasteiger partial charge < -0.3 is 16.0 Å². The Labute approximate surface area is 120 Å². The van der Waals surface area contributed by atoms with Crippen molar-refractivity contribution in [3.8, 4) is 0 Å². The van der Waals surface area contributed by atoms with Gasteiger partial charge in [-0.15, -0.1) is 0 Å². The fourth-order valence-corrected chi connectivity index (χ4v) is 4.10. The Kier molecular flexibility index (Phi) is 3.71. The van der Waals surface area contributed by atoms with E-state index < -0.39 is 0 Å². The summed E-state index contributed by atoms with van der Waals surface area (Å²) in [5.41, 5.74) is 6.04. The predicted molar refractivity (Wildman–Crippen MR) is 75.7 cm³/mol. The first kappa shape index (κ1) is 13.9. The zero-order valence-corrected chi connectivity index (χ0v) is 12.2. The molecule has 0 radical (unpaired) electrons. The molecule has 20 heavy (non-hydrogen) atoms. The Bertz CT molecular complexity index is 412. The first-order chi connectivity index (χ1) is 9.58. The molecule has 3 fully saturated rings. The minimum absolute atomic E-state index is 0.0240. The molecule has 5 atom stereocenters. The van der Waals surface area contributed by atoms with E-state index in [1.807, 2.05) is 4.90 Å². The monoisotopic (exact) mass is 279 g/mol. The topological polar surface area (TPSA) is 75.4 Å². The molecule has 5 nitrogen and oxygen atoms in total. The molecule has 112 valence electrons. The average molecular weight is 279 g/mol. The summed E-state index contributed by atoms with van der Waals surface area (Å²) >= 11 is 0. The number of hydrogen-bond acceptors (Lipinski definition) is 3. The van der Waals surface area contributed by atoms with E-state index in [9.17, 15) is 9.59 Å². The summed E-state index contributed by atoms with van der Waals surface area (Å²) in [4.78, 5) is 26.6. The van der Waals surface area contributed by atoms with Crippen LogP contribution in [0.1, 0.15) is 39.0 Å². The second kappa shape index (κ2) is 5.35. The van der Waals surface area contributed by atoms with E-state index in [-0.39, 0.29) is 35.7 Å². The number of carbonyl (C=O) groups excluding carboxylic acids is 2. The van der Waals surface area contributed by atoms with Gasteiger partial charge in [0.15, 0.2) is 0 Å². The van der Waals surface area contributed by atoms with E-state index in [4.69, 9.17) is 5.73 Å². The molecule has 2 saturated heterocycles. The highest BCUT2D eigenvalue weighted by Gasteiger charge is 2.44. The maximum Gasteiger partial charge on any atom is 0.226 e. The molecule has 0 aromatic heterocycles. The SMILES string of the molecule is CC1CC(C(=O)N2CCCC3C(=O)NCC32)CCC1N. The third kappa shape index (κ3) is 2.32. The molecule has 2 amide bonds. The number of nitrogens with two attached hydrogens (primary N) is 1. The molecule has 0 bridgehead atoms. The summed E-state index contributed by atoms with van der Waals surface area (Å²) in [7, 11) is 0. The lowest BCUT2D eigenvalue weighted by atomic mass is 9.78. The van der Waals surface area contributed by atoms with E-state index in [1.165, 1.54) is 0 Å². The van der Waals surface area contributed by atoms with Crippen molar-refractivity contribution >= 4 is 11.8 Å². The Balaban J connectivity index is 1.69. The van der Waals surface area contributed by atoms with Crippen molar-refractivity contribution in [2.75, 3.05) is 13.1 Å². The molecule has 1 aliphatic carbocycles. The molecule has 5 heteroatoms. The first-order valence-corrected chi connectivity index (χ1v) is 7.91. The third-order valence-electron chi connectivity index (χ3n) is 5.47. The van der Waals surface area contributed by atoms with Gasteiger partial charge in [0.2, 0.25) is 11.8 Å². The fourth-order valence-electron chi connectivity index (χ4n) is 4.10. The van der Waals surface area contributed by atoms with Crippen LogP contribution in [0.15, 0.2) is 0 Å². The number of fused-ring (bicyclic) bond motifs is 1. The van der Waals surface area contributed by atoms with E-state index >= 15 is 0 Å². The Morgan fingerprint density at radius 3 is 2.90 bits per heavy atom. The Hall–Kier alpha value is -1.10. The quantitative estimate of drug-likeness (QED) is 0.733. The van der Waals surface area contributed by atoms with Crippen molar-refractivity contribution < 1.29 is 9.59 Å². The molecule has 2 heterocycles. The van der Waals surface area contributed by atoms with Gasteiger partial charge in [0.1, 0.15) is 0 Å². The second-order valence-corrected chi connectivity index (χ2v) is 6.74. The minimum Gasteiger partial charge on any atom is -0.354 e. The van der Waals surface area contributed by atoms with Crippen molar-refractivity contribution in [2.24, 2.45) is 23.5 Å². The van der Waals surface area contributed by atoms with E-state index in [0.717, 1.165) is 38.6 Å². The number of nitrogens with one attached hydrogen (secondary N) is 1. The molecule has 1 saturated carbocycles. The van der Waals surface area contributed by atoms with Gasteiger partial charge in [-0.05, 0) is 38.0 Å². The van der Waals surface area contributed by atoms with Crippen LogP contribution in [0.3, 0.4) is 0 Å². The number of likely N-dealkylation sites (tertiary alicyclic amines) is 1. The van der Waals surface area contributed by atoms with Gasteiger partial charge in [0, 0.05) is 25.0 Å². The fraction of sp³-hybridized carbons (Fsp3) is 0.867. The van der Waals surface area contributed by atoms with Crippen LogP contribution in [0.4, 0.5) is 0 Å². The Morgan fingerprint density at radius 1 is 1.35 bits per heavy atom. The largest absolute Gasteiger partial charge is 0.354 e. The molecule has 0 aromatic carbocycles. The molecular formula is C15H25N3O2. The summed E-state index contributed by atoms with van der Waals surface area (Å²) in [5, 5.41) is 2.91. The van der Waals surface area contributed by atoms with Crippen LogP contribution < -0.4 is 11.1 Å². The zero-order valence-electron chi connectivity index (χ0n) is 12.2. The van der Waals surface area contributed by atoms with Gasteiger partial charge in [0.05, 0.1) is 12.0 Å². The molecule has 3 rings (SSSR count). The van der Waals surface area contributed by atoms with Crippen LogP contribution in [0, 0.1) is 17.8 Å². The third-order valence-corrected chi connectivity index (χ3v) is 5.47. The van der Waals surface area contributed by atoms with Crippen LogP contribution in [0.25, 0.3) is 0 Å². The minimum atomic E-state index is 0.0240. The maximum absolute atomic E-state index is 12.8. The maximum atomic E-state index is 12.8. The molecule has 0 aromatic rings. The highest BCUT2D eigenvalue weighted by molar-refractivity contribution is 5.85. The van der Waals surface area contributed by atoms with Crippen molar-refractivity contribution in [1.82, 2.24) is 10.2 Å². The lowest BCUT2D eigenvalue weighted by molar-refractivity contribution is -0.142. The number of rotatable bonds is 1. The van der Waals surface area contributed by atoms with Crippen LogP contribution >= 0.6 is 0 Å². The van der Waals surface area contributed by atoms with Gasteiger partial charge in [-0.25, -0.2) is 0 Å². The van der Waals surface area contributed by atoms with Gasteiger partial charge in [-0.3, -0.25) is 9.59 Å². The van der Waals surface area contributed by atoms with Crippen molar-refractivity contribution in [3.63, 3.8) is 0 Å². The van der Waals surface area contributed by atoms with Gasteiger partial charge in [-0.1, -0.05) is 6.92 Å². The summed E-state index contributed by atoms with van der Waals surface area (Å²) in [6, 6.07) is 0.331. The smallest absolute Gasteiger partial charge is 0.226 e. The number of hydrogen-bond donors (Lipinski definition) is 2. The summed E-state index contributed by atoms with van der Waals surface area (Å²) in [6.45, 7) is 3.59. The van der Waals surface area contributed by atoms with Crippen LogP contribution in [-0.4, -0.2) is 41.9 Å². The standard InChI is InChI=1S/C15H25N3O2/c1-9-7-10(4-5-12(9)16)15(20)18-6-2-3-11-13(18)8-17-14(11)19/h9-13H,2-8,16H2,1H3,(H,17,19). The van der Waals surface area contributed by atoms with Gasteiger partial charge >= 0.3 is 0 Å². The van der Waals surface area contributed by atoms with Crippen LogP contribution in [0.2, 0.25) is 0 Å². The van der Waals surface area contributed by atoms with Crippen molar-refractivity contribution in [1.29, 1.82) is 0 Å². The summed E-state index contributed by atoms with van der Waals surface area (Å²) in [5.74, 6) is 0.943. The number of carbonyl (C=O) groups is 2. The molecule has 0 spiro atoms. The molecule has 3 N–H and O–H groups in total. The van der Waals surface area contributed by atoms with Crippen LogP contribution in [-0.2, 0) is 9.59 Å². The molecule has 5 unspecified atom stereocenters. The summed E-state index contributed by atoms with van der Waals surface area (Å²) in [6.07, 6.45) is 4.61. The average Bonchev–Trinajstić information content (AvgIpc) is 2.83. The highest BCUT2D eigenvalue weighted by atomic mass is 16.2.